The molecule has 3 aromatic rings. The van der Waals surface area contributed by atoms with Crippen LogP contribution in [0.15, 0.2) is 42.9 Å². The van der Waals surface area contributed by atoms with E-state index in [9.17, 15) is 22.6 Å². The predicted molar refractivity (Wildman–Crippen MR) is 102 cm³/mol. The number of alkyl halides is 3. The maximum absolute atomic E-state index is 13.6. The number of hydrogen-bond donors (Lipinski definition) is 4. The van der Waals surface area contributed by atoms with E-state index in [-0.39, 0.29) is 35.4 Å². The van der Waals surface area contributed by atoms with E-state index < -0.39 is 25.3 Å². The Balaban J connectivity index is 2.18. The van der Waals surface area contributed by atoms with Gasteiger partial charge in [-0.2, -0.15) is 13.2 Å². The summed E-state index contributed by atoms with van der Waals surface area (Å²) in [7, 11) is -4.02. The second-order valence-electron chi connectivity index (χ2n) is 6.38. The second kappa shape index (κ2) is 8.06. The number of rotatable bonds is 7. The minimum atomic E-state index is -4.66. The Kier molecular flexibility index (Phi) is 5.88. The number of anilines is 1. The smallest absolute Gasteiger partial charge is 0.398 e. The monoisotopic (exact) mass is 428 g/mol. The van der Waals surface area contributed by atoms with Gasteiger partial charge in [0.25, 0.3) is 0 Å². The molecule has 0 saturated carbocycles. The summed E-state index contributed by atoms with van der Waals surface area (Å²) >= 11 is 0. The van der Waals surface area contributed by atoms with Crippen LogP contribution in [0.1, 0.15) is 29.7 Å². The summed E-state index contributed by atoms with van der Waals surface area (Å²) < 4.78 is 58.2. The van der Waals surface area contributed by atoms with Crippen LogP contribution in [-0.2, 0) is 15.3 Å². The average molecular weight is 428 g/mol. The van der Waals surface area contributed by atoms with Gasteiger partial charge in [0.05, 0.1) is 18.3 Å². The summed E-state index contributed by atoms with van der Waals surface area (Å²) in [6.07, 6.45) is -0.655. The Morgan fingerprint density at radius 2 is 2.07 bits per heavy atom. The van der Waals surface area contributed by atoms with Crippen LogP contribution in [0.2, 0.25) is 0 Å². The lowest BCUT2D eigenvalue weighted by atomic mass is 9.91. The maximum Gasteiger partial charge on any atom is 0.417 e. The van der Waals surface area contributed by atoms with Crippen molar-refractivity contribution in [1.29, 1.82) is 0 Å². The summed E-state index contributed by atoms with van der Waals surface area (Å²) in [5.74, 6) is -0.774. The normalized spacial score (nSPS) is 15.2. The number of aromatic nitrogens is 3. The van der Waals surface area contributed by atoms with Crippen molar-refractivity contribution in [2.24, 2.45) is 0 Å². The Hall–Kier alpha value is -2.55. The minimum Gasteiger partial charge on any atom is -0.398 e. The number of halogens is 3. The van der Waals surface area contributed by atoms with Gasteiger partial charge in [0.2, 0.25) is 0 Å². The van der Waals surface area contributed by atoms with Gasteiger partial charge in [0.15, 0.2) is 0 Å². The van der Waals surface area contributed by atoms with Crippen LogP contribution < -0.4 is 5.73 Å². The first kappa shape index (κ1) is 21.2. The van der Waals surface area contributed by atoms with Crippen molar-refractivity contribution < 1.29 is 27.2 Å². The minimum absolute atomic E-state index is 0.0146. The zero-order chi connectivity index (χ0) is 21.2. The zero-order valence-electron chi connectivity index (χ0n) is 15.4. The van der Waals surface area contributed by atoms with Gasteiger partial charge in [0, 0.05) is 41.5 Å². The number of nitrogens with zero attached hydrogens (tertiary/aromatic N) is 1. The lowest BCUT2D eigenvalue weighted by Gasteiger charge is -2.23. The summed E-state index contributed by atoms with van der Waals surface area (Å²) in [6, 6.07) is 5.43. The molecule has 11 heteroatoms. The van der Waals surface area contributed by atoms with Crippen molar-refractivity contribution in [3.63, 3.8) is 0 Å². The van der Waals surface area contributed by atoms with Crippen LogP contribution in [0.3, 0.4) is 0 Å². The van der Waals surface area contributed by atoms with Gasteiger partial charge in [-0.3, -0.25) is 4.57 Å². The molecule has 0 aliphatic carbocycles. The van der Waals surface area contributed by atoms with Crippen molar-refractivity contribution in [2.75, 3.05) is 18.5 Å². The number of aromatic amines is 2. The Morgan fingerprint density at radius 3 is 2.62 bits per heavy atom. The Morgan fingerprint density at radius 1 is 1.31 bits per heavy atom. The van der Waals surface area contributed by atoms with E-state index in [2.05, 4.69) is 15.0 Å². The van der Waals surface area contributed by atoms with Crippen molar-refractivity contribution in [3.05, 3.63) is 59.7 Å². The molecule has 29 heavy (non-hydrogen) atoms. The third-order valence-electron chi connectivity index (χ3n) is 4.40. The lowest BCUT2D eigenvalue weighted by molar-refractivity contribution is -0.137. The molecule has 1 aromatic carbocycles. The fourth-order valence-corrected chi connectivity index (χ4v) is 4.55. The average Bonchev–Trinajstić information content (AvgIpc) is 3.33. The molecule has 0 amide bonds. The van der Waals surface area contributed by atoms with Gasteiger partial charge in [0.1, 0.15) is 5.82 Å². The first-order chi connectivity index (χ1) is 13.6. The number of nitrogen functional groups attached to an aromatic ring is 1. The van der Waals surface area contributed by atoms with E-state index in [0.29, 0.717) is 5.69 Å². The number of nitrogens with two attached hydrogens (primary N) is 1. The van der Waals surface area contributed by atoms with Gasteiger partial charge in [-0.05, 0) is 36.8 Å². The molecule has 0 aliphatic rings. The summed E-state index contributed by atoms with van der Waals surface area (Å²) in [4.78, 5) is 19.7. The standard InChI is InChI=1S/C18H20F3N4O3P/c1-2-28-29(26,27)10-13(16-4-3-5-23-16)11-8-12(17-24-6-7-25-17)14(9-15(11)22)18(19,20)21/h3-9,13,23H,2,10,22H2,1H3,(H,24,25)(H,26,27). The molecule has 0 radical (unpaired) electrons. The quantitative estimate of drug-likeness (QED) is 0.330. The van der Waals surface area contributed by atoms with Crippen LogP contribution in [0.4, 0.5) is 18.9 Å². The fourth-order valence-electron chi connectivity index (χ4n) is 3.19. The highest BCUT2D eigenvalue weighted by Gasteiger charge is 2.37. The second-order valence-corrected chi connectivity index (χ2v) is 8.28. The molecule has 0 saturated heterocycles. The molecule has 2 heterocycles. The molecule has 0 spiro atoms. The van der Waals surface area contributed by atoms with Gasteiger partial charge >= 0.3 is 13.8 Å². The fraction of sp³-hybridized carbons (Fsp3) is 0.278. The molecule has 2 aromatic heterocycles. The van der Waals surface area contributed by atoms with Crippen LogP contribution in [0.25, 0.3) is 11.4 Å². The van der Waals surface area contributed by atoms with E-state index in [1.54, 1.807) is 25.3 Å². The zero-order valence-corrected chi connectivity index (χ0v) is 16.3. The maximum atomic E-state index is 13.6. The predicted octanol–water partition coefficient (Wildman–Crippen LogP) is 4.36. The van der Waals surface area contributed by atoms with Crippen LogP contribution in [0.5, 0.6) is 0 Å². The lowest BCUT2D eigenvalue weighted by Crippen LogP contribution is -2.15. The van der Waals surface area contributed by atoms with E-state index >= 15 is 0 Å². The number of hydrogen-bond acceptors (Lipinski definition) is 4. The Bertz CT molecular complexity index is 1000. The number of imidazole rings is 1. The topological polar surface area (TPSA) is 117 Å². The van der Waals surface area contributed by atoms with E-state index in [0.717, 1.165) is 6.07 Å². The van der Waals surface area contributed by atoms with Gasteiger partial charge in [-0.25, -0.2) is 4.98 Å². The SMILES string of the molecule is CCOP(=O)(O)CC(c1ccc[nH]1)c1cc(-c2ncc[nH]2)c(C(F)(F)F)cc1N. The largest absolute Gasteiger partial charge is 0.417 e. The molecule has 156 valence electrons. The molecule has 0 aliphatic heterocycles. The molecule has 2 unspecified atom stereocenters. The van der Waals surface area contributed by atoms with Gasteiger partial charge in [-0.15, -0.1) is 0 Å². The van der Waals surface area contributed by atoms with E-state index in [4.69, 9.17) is 10.3 Å². The molecular weight excluding hydrogens is 408 g/mol. The Labute approximate surface area is 164 Å². The van der Waals surface area contributed by atoms with Crippen molar-refractivity contribution in [2.45, 2.75) is 19.0 Å². The first-order valence-electron chi connectivity index (χ1n) is 8.72. The molecular formula is C18H20F3N4O3P. The van der Waals surface area contributed by atoms with E-state index in [1.165, 1.54) is 18.5 Å². The molecule has 0 bridgehead atoms. The molecule has 5 N–H and O–H groups in total. The van der Waals surface area contributed by atoms with Crippen molar-refractivity contribution >= 4 is 13.3 Å². The summed E-state index contributed by atoms with van der Waals surface area (Å²) in [6.45, 7) is 1.60. The van der Waals surface area contributed by atoms with E-state index in [1.807, 2.05) is 0 Å². The third kappa shape index (κ3) is 4.72. The van der Waals surface area contributed by atoms with Crippen LogP contribution in [0, 0.1) is 0 Å². The third-order valence-corrected chi connectivity index (χ3v) is 5.89. The van der Waals surface area contributed by atoms with Crippen molar-refractivity contribution in [3.8, 4) is 11.4 Å². The van der Waals surface area contributed by atoms with Gasteiger partial charge in [-0.1, -0.05) is 0 Å². The van der Waals surface area contributed by atoms with Crippen LogP contribution in [-0.4, -0.2) is 32.6 Å². The number of H-pyrrole nitrogens is 2. The molecule has 2 atom stereocenters. The highest BCUT2D eigenvalue weighted by atomic mass is 31.2. The highest BCUT2D eigenvalue weighted by molar-refractivity contribution is 7.52. The summed E-state index contributed by atoms with van der Waals surface area (Å²) in [5, 5.41) is 0. The first-order valence-corrected chi connectivity index (χ1v) is 10.5. The molecule has 7 nitrogen and oxygen atoms in total. The number of benzene rings is 1. The van der Waals surface area contributed by atoms with Crippen LogP contribution >= 0.6 is 7.60 Å². The highest BCUT2D eigenvalue weighted by Crippen LogP contribution is 2.49. The molecule has 0 fully saturated rings. The molecule has 3 rings (SSSR count). The summed E-state index contributed by atoms with van der Waals surface area (Å²) in [5.41, 5.74) is 5.47. The van der Waals surface area contributed by atoms with Gasteiger partial charge < -0.3 is 25.1 Å². The van der Waals surface area contributed by atoms with Crippen molar-refractivity contribution in [1.82, 2.24) is 15.0 Å². The number of nitrogens with one attached hydrogen (secondary N) is 2.